The molecule has 0 aromatic carbocycles. The van der Waals surface area contributed by atoms with Crippen LogP contribution in [0, 0.1) is 5.82 Å². The number of rotatable bonds is 8. The molecule has 0 spiro atoms. The van der Waals surface area contributed by atoms with Gasteiger partial charge in [0.2, 0.25) is 5.91 Å². The van der Waals surface area contributed by atoms with Crippen LogP contribution in [-0.4, -0.2) is 56.2 Å². The van der Waals surface area contributed by atoms with E-state index in [1.54, 1.807) is 7.11 Å². The van der Waals surface area contributed by atoms with E-state index in [4.69, 9.17) is 4.74 Å². The molecule has 160 valence electrons. The lowest BCUT2D eigenvalue weighted by atomic mass is 10.2. The lowest BCUT2D eigenvalue weighted by Gasteiger charge is -2.22. The number of unbranched alkanes of at least 4 members (excludes halogenated alkanes) is 1. The fourth-order valence-electron chi connectivity index (χ4n) is 3.07. The highest BCUT2D eigenvalue weighted by Crippen LogP contribution is 2.35. The van der Waals surface area contributed by atoms with E-state index < -0.39 is 38.6 Å². The van der Waals surface area contributed by atoms with E-state index in [9.17, 15) is 22.4 Å². The van der Waals surface area contributed by atoms with Crippen LogP contribution in [0.4, 0.5) is 10.2 Å². The van der Waals surface area contributed by atoms with Crippen molar-refractivity contribution in [3.05, 3.63) is 53.7 Å². The predicted octanol–water partition coefficient (Wildman–Crippen LogP) is 1.23. The highest BCUT2D eigenvalue weighted by atomic mass is 32.2. The molecule has 1 aliphatic rings. The SMILES string of the molecule is COCCCCNC(=O)c1cccc(C2N(c3ccc(F)cn3)C(=O)CS2(=O)=O)n1. The summed E-state index contributed by atoms with van der Waals surface area (Å²) in [4.78, 5) is 33.7. The zero-order valence-corrected chi connectivity index (χ0v) is 17.1. The van der Waals surface area contributed by atoms with Crippen LogP contribution in [0.25, 0.3) is 0 Å². The lowest BCUT2D eigenvalue weighted by molar-refractivity contribution is -0.115. The quantitative estimate of drug-likeness (QED) is 0.618. The Morgan fingerprint density at radius 3 is 2.80 bits per heavy atom. The first-order chi connectivity index (χ1) is 14.3. The van der Waals surface area contributed by atoms with Crippen molar-refractivity contribution in [1.29, 1.82) is 0 Å². The monoisotopic (exact) mass is 436 g/mol. The van der Waals surface area contributed by atoms with Gasteiger partial charge in [-0.05, 0) is 37.1 Å². The Bertz CT molecular complexity index is 1030. The second-order valence-corrected chi connectivity index (χ2v) is 8.72. The van der Waals surface area contributed by atoms with E-state index in [1.165, 1.54) is 24.3 Å². The molecule has 3 rings (SSSR count). The molecule has 3 heterocycles. The number of carbonyl (C=O) groups is 2. The molecule has 1 saturated heterocycles. The lowest BCUT2D eigenvalue weighted by Crippen LogP contribution is -2.31. The van der Waals surface area contributed by atoms with Crippen LogP contribution in [0.5, 0.6) is 0 Å². The van der Waals surface area contributed by atoms with Gasteiger partial charge in [0.05, 0.1) is 11.9 Å². The van der Waals surface area contributed by atoms with Crippen molar-refractivity contribution in [3.8, 4) is 0 Å². The van der Waals surface area contributed by atoms with Crippen LogP contribution in [0.2, 0.25) is 0 Å². The van der Waals surface area contributed by atoms with Gasteiger partial charge in [-0.3, -0.25) is 14.5 Å². The van der Waals surface area contributed by atoms with Gasteiger partial charge < -0.3 is 10.1 Å². The molecule has 0 aliphatic carbocycles. The Labute approximate surface area is 173 Å². The smallest absolute Gasteiger partial charge is 0.269 e. The summed E-state index contributed by atoms with van der Waals surface area (Å²) in [6.45, 7) is 1.00. The number of sulfone groups is 1. The minimum absolute atomic E-state index is 0.0118. The molecule has 1 N–H and O–H groups in total. The first kappa shape index (κ1) is 21.8. The van der Waals surface area contributed by atoms with Gasteiger partial charge in [-0.1, -0.05) is 6.07 Å². The van der Waals surface area contributed by atoms with E-state index in [0.29, 0.717) is 13.2 Å². The van der Waals surface area contributed by atoms with E-state index in [0.717, 1.165) is 30.0 Å². The molecule has 1 unspecified atom stereocenters. The number of carbonyl (C=O) groups excluding carboxylic acids is 2. The van der Waals surface area contributed by atoms with Gasteiger partial charge in [-0.25, -0.2) is 22.8 Å². The largest absolute Gasteiger partial charge is 0.385 e. The minimum atomic E-state index is -3.93. The molecule has 2 aromatic heterocycles. The molecular weight excluding hydrogens is 415 g/mol. The van der Waals surface area contributed by atoms with E-state index in [-0.39, 0.29) is 17.2 Å². The second kappa shape index (κ2) is 9.26. The Kier molecular flexibility index (Phi) is 6.73. The summed E-state index contributed by atoms with van der Waals surface area (Å²) in [5.41, 5.74) is 0.0415. The summed E-state index contributed by atoms with van der Waals surface area (Å²) in [5.74, 6) is -2.51. The summed E-state index contributed by atoms with van der Waals surface area (Å²) in [6.07, 6.45) is 2.40. The molecule has 1 atom stereocenters. The van der Waals surface area contributed by atoms with Gasteiger partial charge >= 0.3 is 0 Å². The van der Waals surface area contributed by atoms with Crippen LogP contribution in [0.15, 0.2) is 36.5 Å². The van der Waals surface area contributed by atoms with Gasteiger partial charge in [0, 0.05) is 20.3 Å². The molecule has 1 fully saturated rings. The Morgan fingerprint density at radius 2 is 2.10 bits per heavy atom. The number of nitrogens with zero attached hydrogens (tertiary/aromatic N) is 3. The number of anilines is 1. The summed E-state index contributed by atoms with van der Waals surface area (Å²) in [5, 5.41) is 1.27. The third-order valence-electron chi connectivity index (χ3n) is 4.44. The molecule has 30 heavy (non-hydrogen) atoms. The Morgan fingerprint density at radius 1 is 1.30 bits per heavy atom. The predicted molar refractivity (Wildman–Crippen MR) is 106 cm³/mol. The van der Waals surface area contributed by atoms with Gasteiger partial charge in [-0.15, -0.1) is 0 Å². The minimum Gasteiger partial charge on any atom is -0.385 e. The van der Waals surface area contributed by atoms with E-state index in [2.05, 4.69) is 15.3 Å². The number of ether oxygens (including phenoxy) is 1. The maximum Gasteiger partial charge on any atom is 0.269 e. The summed E-state index contributed by atoms with van der Waals surface area (Å²) < 4.78 is 43.5. The van der Waals surface area contributed by atoms with Crippen LogP contribution < -0.4 is 10.2 Å². The van der Waals surface area contributed by atoms with Crippen molar-refractivity contribution < 1.29 is 27.1 Å². The maximum absolute atomic E-state index is 13.2. The number of halogens is 1. The van der Waals surface area contributed by atoms with Crippen molar-refractivity contribution in [2.45, 2.75) is 18.2 Å². The molecule has 1 aliphatic heterocycles. The van der Waals surface area contributed by atoms with Crippen LogP contribution in [-0.2, 0) is 19.4 Å². The van der Waals surface area contributed by atoms with E-state index >= 15 is 0 Å². The first-order valence-corrected chi connectivity index (χ1v) is 10.9. The molecule has 2 amide bonds. The van der Waals surface area contributed by atoms with Crippen molar-refractivity contribution >= 4 is 27.5 Å². The molecule has 0 bridgehead atoms. The zero-order valence-electron chi connectivity index (χ0n) is 16.2. The van der Waals surface area contributed by atoms with Crippen molar-refractivity contribution in [2.75, 3.05) is 30.9 Å². The topological polar surface area (TPSA) is 119 Å². The van der Waals surface area contributed by atoms with Gasteiger partial charge in [0.15, 0.2) is 15.2 Å². The number of nitrogens with one attached hydrogen (secondary N) is 1. The molecular formula is C19H21FN4O5S. The summed E-state index contributed by atoms with van der Waals surface area (Å²) >= 11 is 0. The van der Waals surface area contributed by atoms with Crippen LogP contribution in [0.1, 0.15) is 34.4 Å². The molecule has 2 aromatic rings. The number of pyridine rings is 2. The Balaban J connectivity index is 1.85. The van der Waals surface area contributed by atoms with Crippen LogP contribution >= 0.6 is 0 Å². The number of methoxy groups -OCH3 is 1. The number of amides is 2. The maximum atomic E-state index is 13.2. The fourth-order valence-corrected chi connectivity index (χ4v) is 4.75. The summed E-state index contributed by atoms with van der Waals surface area (Å²) in [6, 6.07) is 6.68. The third kappa shape index (κ3) is 4.79. The number of hydrogen-bond acceptors (Lipinski definition) is 7. The Hall–Kier alpha value is -2.92. The zero-order chi connectivity index (χ0) is 21.7. The summed E-state index contributed by atoms with van der Waals surface area (Å²) in [7, 11) is -2.33. The average molecular weight is 436 g/mol. The van der Waals surface area contributed by atoms with Crippen LogP contribution in [0.3, 0.4) is 0 Å². The molecule has 0 saturated carbocycles. The second-order valence-electron chi connectivity index (χ2n) is 6.66. The van der Waals surface area contributed by atoms with Crippen molar-refractivity contribution in [3.63, 3.8) is 0 Å². The third-order valence-corrected chi connectivity index (χ3v) is 6.23. The van der Waals surface area contributed by atoms with Gasteiger partial charge in [-0.2, -0.15) is 0 Å². The first-order valence-electron chi connectivity index (χ1n) is 9.23. The molecule has 0 radical (unpaired) electrons. The van der Waals surface area contributed by atoms with Crippen molar-refractivity contribution in [2.24, 2.45) is 0 Å². The standard InChI is InChI=1S/C19H21FN4O5S/c1-29-10-3-2-9-21-18(26)14-5-4-6-15(23-14)19-24(17(25)12-30(19,27)28)16-8-7-13(20)11-22-16/h4-8,11,19H,2-3,9-10,12H2,1H3,(H,21,26). The average Bonchev–Trinajstić information content (AvgIpc) is 2.96. The van der Waals surface area contributed by atoms with E-state index in [1.807, 2.05) is 0 Å². The molecule has 11 heteroatoms. The van der Waals surface area contributed by atoms with Gasteiger partial charge in [0.1, 0.15) is 23.1 Å². The highest BCUT2D eigenvalue weighted by Gasteiger charge is 2.47. The van der Waals surface area contributed by atoms with Crippen molar-refractivity contribution in [1.82, 2.24) is 15.3 Å². The fraction of sp³-hybridized carbons (Fsp3) is 0.368. The number of aromatic nitrogens is 2. The van der Waals surface area contributed by atoms with Gasteiger partial charge in [0.25, 0.3) is 5.91 Å². The number of hydrogen-bond donors (Lipinski definition) is 1. The normalized spacial score (nSPS) is 17.9. The highest BCUT2D eigenvalue weighted by molar-refractivity contribution is 7.93. The molecule has 9 nitrogen and oxygen atoms in total.